The van der Waals surface area contributed by atoms with Gasteiger partial charge in [0.05, 0.1) is 43.1 Å². The summed E-state index contributed by atoms with van der Waals surface area (Å²) in [6.07, 6.45) is 2.52. The van der Waals surface area contributed by atoms with E-state index in [0.717, 1.165) is 5.56 Å². The first-order chi connectivity index (χ1) is 20.8. The van der Waals surface area contributed by atoms with Crippen LogP contribution in [0.3, 0.4) is 0 Å². The Morgan fingerprint density at radius 3 is 2.43 bits per heavy atom. The molecular formula is C34H38O10. The van der Waals surface area contributed by atoms with Crippen LogP contribution < -0.4 is 0 Å². The third-order valence-electron chi connectivity index (χ3n) is 12.2. The van der Waals surface area contributed by atoms with Crippen molar-refractivity contribution in [3.05, 3.63) is 60.1 Å². The van der Waals surface area contributed by atoms with Gasteiger partial charge in [0.25, 0.3) is 0 Å². The molecule has 10 heteroatoms. The fourth-order valence-electron chi connectivity index (χ4n) is 10.5. The van der Waals surface area contributed by atoms with E-state index in [4.69, 9.17) is 23.4 Å². The van der Waals surface area contributed by atoms with Crippen molar-refractivity contribution in [2.45, 2.75) is 77.0 Å². The number of ketones is 1. The summed E-state index contributed by atoms with van der Waals surface area (Å²) in [7, 11) is 1.21. The molecule has 3 saturated heterocycles. The van der Waals surface area contributed by atoms with Crippen LogP contribution in [0.4, 0.5) is 0 Å². The number of ether oxygens (including phenoxy) is 4. The topological polar surface area (TPSA) is 139 Å². The van der Waals surface area contributed by atoms with Crippen LogP contribution >= 0.6 is 0 Å². The molecule has 1 N–H and O–H groups in total. The summed E-state index contributed by atoms with van der Waals surface area (Å²) in [6, 6.07) is 10.1. The van der Waals surface area contributed by atoms with Crippen LogP contribution in [0.1, 0.15) is 75.4 Å². The first-order valence-electron chi connectivity index (χ1n) is 15.3. The standard InChI is InChI=1S/C34H38O10/c1-30(2)25(24(29(38)40-5)43-28(37)18-9-7-6-8-10-18)32(4)21-11-13-31(3)22(15-23(35)42-27(31)19-12-14-41-17-19)33(21)16-20(26(30)36)34(32,39)44-33/h6-10,12,14,17,20-22,24-25,27,39H,11,13,15-16H2,1-5H3/t20-,21+,22+,24?,25-,27-,31+,32+,33+,34+/m0/s1. The number of furan rings is 1. The van der Waals surface area contributed by atoms with Gasteiger partial charge in [0.15, 0.2) is 5.79 Å². The second-order valence-electron chi connectivity index (χ2n) is 14.4. The number of cyclic esters (lactones) is 1. The molecule has 0 amide bonds. The molecule has 2 saturated carbocycles. The number of methoxy groups -OCH3 is 1. The maximum absolute atomic E-state index is 14.4. The second-order valence-corrected chi connectivity index (χ2v) is 14.4. The quantitative estimate of drug-likeness (QED) is 0.385. The van der Waals surface area contributed by atoms with Crippen LogP contribution in [0.25, 0.3) is 0 Å². The van der Waals surface area contributed by atoms with Gasteiger partial charge in [0.1, 0.15) is 11.9 Å². The summed E-state index contributed by atoms with van der Waals surface area (Å²) in [6.45, 7) is 7.42. The Morgan fingerprint density at radius 1 is 1.05 bits per heavy atom. The molecule has 10 nitrogen and oxygen atoms in total. The molecule has 2 aromatic rings. The number of hydrogen-bond acceptors (Lipinski definition) is 10. The third-order valence-corrected chi connectivity index (χ3v) is 12.2. The van der Waals surface area contributed by atoms with Crippen molar-refractivity contribution in [1.29, 1.82) is 0 Å². The van der Waals surface area contributed by atoms with Crippen molar-refractivity contribution in [3.8, 4) is 0 Å². The van der Waals surface area contributed by atoms with Crippen molar-refractivity contribution >= 4 is 23.7 Å². The molecule has 5 aliphatic rings. The number of fused-ring (bicyclic) bond motifs is 2. The summed E-state index contributed by atoms with van der Waals surface area (Å²) >= 11 is 0. The summed E-state index contributed by atoms with van der Waals surface area (Å²) in [4.78, 5) is 54.6. The zero-order chi connectivity index (χ0) is 31.4. The molecule has 234 valence electrons. The monoisotopic (exact) mass is 606 g/mol. The first kappa shape index (κ1) is 29.2. The van der Waals surface area contributed by atoms with Crippen LogP contribution in [0, 0.1) is 39.9 Å². The minimum absolute atomic E-state index is 0.0614. The lowest BCUT2D eigenvalue weighted by molar-refractivity contribution is -0.289. The SMILES string of the molecule is COC(=O)C(OC(=O)c1ccccc1)[C@H]1C(C)(C)C(=O)[C@@H]2C[C@@]34O[C@@]2(O)[C@]1(C)[C@H]3CC[C@]1(C)[C@H]4CC(=O)O[C@H]1c1ccoc1. The predicted molar refractivity (Wildman–Crippen MR) is 151 cm³/mol. The number of rotatable bonds is 5. The maximum Gasteiger partial charge on any atom is 0.347 e. The van der Waals surface area contributed by atoms with Crippen LogP contribution in [0.5, 0.6) is 0 Å². The van der Waals surface area contributed by atoms with Crippen molar-refractivity contribution in [3.63, 3.8) is 0 Å². The van der Waals surface area contributed by atoms with Gasteiger partial charge in [-0.05, 0) is 43.4 Å². The molecular weight excluding hydrogens is 568 g/mol. The zero-order valence-electron chi connectivity index (χ0n) is 25.5. The van der Waals surface area contributed by atoms with Crippen LogP contribution in [0.15, 0.2) is 53.3 Å². The highest BCUT2D eigenvalue weighted by molar-refractivity contribution is 5.94. The summed E-state index contributed by atoms with van der Waals surface area (Å²) in [5, 5.41) is 12.7. The van der Waals surface area contributed by atoms with E-state index < -0.39 is 69.5 Å². The highest BCUT2D eigenvalue weighted by Crippen LogP contribution is 2.80. The van der Waals surface area contributed by atoms with E-state index in [1.165, 1.54) is 7.11 Å². The molecule has 1 aromatic carbocycles. The Kier molecular flexibility index (Phi) is 6.15. The second kappa shape index (κ2) is 9.26. The highest BCUT2D eigenvalue weighted by atomic mass is 16.7. The van der Waals surface area contributed by atoms with Gasteiger partial charge in [0, 0.05) is 33.6 Å². The Balaban J connectivity index is 1.36. The molecule has 44 heavy (non-hydrogen) atoms. The minimum Gasteiger partial charge on any atom is -0.472 e. The van der Waals surface area contributed by atoms with E-state index in [1.54, 1.807) is 62.8 Å². The molecule has 0 radical (unpaired) electrons. The van der Waals surface area contributed by atoms with E-state index >= 15 is 0 Å². The lowest BCUT2D eigenvalue weighted by atomic mass is 9.37. The van der Waals surface area contributed by atoms with E-state index in [2.05, 4.69) is 6.92 Å². The van der Waals surface area contributed by atoms with Crippen molar-refractivity contribution in [2.75, 3.05) is 7.11 Å². The van der Waals surface area contributed by atoms with Gasteiger partial charge in [-0.2, -0.15) is 0 Å². The predicted octanol–water partition coefficient (Wildman–Crippen LogP) is 4.41. The largest absolute Gasteiger partial charge is 0.472 e. The first-order valence-corrected chi connectivity index (χ1v) is 15.3. The fraction of sp³-hybridized carbons (Fsp3) is 0.588. The summed E-state index contributed by atoms with van der Waals surface area (Å²) in [5.41, 5.74) is -3.08. The average Bonchev–Trinajstić information content (AvgIpc) is 3.68. The number of esters is 3. The molecule has 5 fully saturated rings. The smallest absolute Gasteiger partial charge is 0.347 e. The Bertz CT molecular complexity index is 1530. The third kappa shape index (κ3) is 3.44. The zero-order valence-corrected chi connectivity index (χ0v) is 25.5. The van der Waals surface area contributed by atoms with Crippen LogP contribution in [-0.4, -0.2) is 53.4 Å². The number of aliphatic hydroxyl groups is 1. The van der Waals surface area contributed by atoms with Crippen molar-refractivity contribution in [2.24, 2.45) is 39.9 Å². The molecule has 1 unspecified atom stereocenters. The highest BCUT2D eigenvalue weighted by Gasteiger charge is 2.88. The van der Waals surface area contributed by atoms with Gasteiger partial charge in [-0.1, -0.05) is 45.9 Å². The molecule has 2 aliphatic carbocycles. The number of hydrogen-bond donors (Lipinski definition) is 1. The van der Waals surface area contributed by atoms with Crippen LogP contribution in [0.2, 0.25) is 0 Å². The Hall–Kier alpha value is -3.50. The Labute approximate surface area is 255 Å². The van der Waals surface area contributed by atoms with Crippen molar-refractivity contribution < 1.29 is 47.6 Å². The maximum atomic E-state index is 14.4. The Morgan fingerprint density at radius 2 is 1.77 bits per heavy atom. The van der Waals surface area contributed by atoms with Crippen LogP contribution in [-0.2, 0) is 33.3 Å². The lowest BCUT2D eigenvalue weighted by Crippen LogP contribution is -2.73. The number of carbonyl (C=O) groups excluding carboxylic acids is 4. The molecule has 2 bridgehead atoms. The molecule has 3 aliphatic heterocycles. The summed E-state index contributed by atoms with van der Waals surface area (Å²) in [5.74, 6) is -6.85. The molecule has 1 spiro atoms. The van der Waals surface area contributed by atoms with Gasteiger partial charge >= 0.3 is 17.9 Å². The van der Waals surface area contributed by atoms with Crippen molar-refractivity contribution in [1.82, 2.24) is 0 Å². The summed E-state index contributed by atoms with van der Waals surface area (Å²) < 4.78 is 29.3. The molecule has 4 heterocycles. The molecule has 7 rings (SSSR count). The lowest BCUT2D eigenvalue weighted by Gasteiger charge is -2.65. The molecule has 10 atom stereocenters. The van der Waals surface area contributed by atoms with E-state index in [1.807, 2.05) is 6.92 Å². The van der Waals surface area contributed by atoms with Gasteiger partial charge in [0.2, 0.25) is 6.10 Å². The van der Waals surface area contributed by atoms with Gasteiger partial charge in [-0.25, -0.2) is 9.59 Å². The normalized spacial score (nSPS) is 42.1. The number of benzene rings is 1. The minimum atomic E-state index is -1.96. The molecule has 1 aromatic heterocycles. The van der Waals surface area contributed by atoms with E-state index in [9.17, 15) is 24.3 Å². The van der Waals surface area contributed by atoms with Gasteiger partial charge in [-0.3, -0.25) is 9.59 Å². The fourth-order valence-corrected chi connectivity index (χ4v) is 10.5. The van der Waals surface area contributed by atoms with E-state index in [-0.39, 0.29) is 36.1 Å². The number of carbonyl (C=O) groups is 4. The average molecular weight is 607 g/mol. The van der Waals surface area contributed by atoms with E-state index in [0.29, 0.717) is 12.8 Å². The number of Topliss-reactive ketones (excluding diaryl/α,β-unsaturated/α-hetero) is 1. The van der Waals surface area contributed by atoms with Gasteiger partial charge in [-0.15, -0.1) is 0 Å². The van der Waals surface area contributed by atoms with Gasteiger partial charge < -0.3 is 28.5 Å².